The van der Waals surface area contributed by atoms with Crippen molar-refractivity contribution in [3.05, 3.63) is 65.3 Å². The summed E-state index contributed by atoms with van der Waals surface area (Å²) in [5.74, 6) is 1.06. The van der Waals surface area contributed by atoms with Crippen molar-refractivity contribution >= 4 is 34.8 Å². The second-order valence-corrected chi connectivity index (χ2v) is 5.44. The Morgan fingerprint density at radius 1 is 1.20 bits per heavy atom. The summed E-state index contributed by atoms with van der Waals surface area (Å²) in [5.41, 5.74) is 11.9. The third-order valence-electron chi connectivity index (χ3n) is 3.28. The summed E-state index contributed by atoms with van der Waals surface area (Å²) in [4.78, 5) is 20.2. The second-order valence-electron chi connectivity index (χ2n) is 5.01. The SMILES string of the molecule is Nc1c(NCc2ccco2)ncnc1NNC(=O)c1cccc(Cl)c1. The number of rotatable bonds is 6. The van der Waals surface area contributed by atoms with Gasteiger partial charge in [-0.3, -0.25) is 15.6 Å². The first-order valence-electron chi connectivity index (χ1n) is 7.32. The van der Waals surface area contributed by atoms with Gasteiger partial charge >= 0.3 is 0 Å². The molecule has 0 aliphatic heterocycles. The van der Waals surface area contributed by atoms with Gasteiger partial charge in [-0.25, -0.2) is 9.97 Å². The maximum Gasteiger partial charge on any atom is 0.269 e. The standard InChI is InChI=1S/C16H15ClN6O2/c17-11-4-1-3-10(7-11)16(24)23-22-15-13(18)14(20-9-21-15)19-8-12-5-2-6-25-12/h1-7,9H,8,18H2,(H,23,24)(H2,19,20,21,22). The van der Waals surface area contributed by atoms with Crippen LogP contribution in [0.4, 0.5) is 17.3 Å². The molecule has 0 saturated heterocycles. The number of aromatic nitrogens is 2. The van der Waals surface area contributed by atoms with E-state index in [1.807, 2.05) is 6.07 Å². The molecule has 0 atom stereocenters. The van der Waals surface area contributed by atoms with Crippen molar-refractivity contribution in [2.24, 2.45) is 0 Å². The van der Waals surface area contributed by atoms with Gasteiger partial charge < -0.3 is 15.5 Å². The van der Waals surface area contributed by atoms with Crippen LogP contribution >= 0.6 is 11.6 Å². The monoisotopic (exact) mass is 358 g/mol. The summed E-state index contributed by atoms with van der Waals surface area (Å²) in [5, 5.41) is 3.51. The van der Waals surface area contributed by atoms with Crippen LogP contribution in [0.15, 0.2) is 53.4 Å². The zero-order valence-electron chi connectivity index (χ0n) is 13.0. The predicted octanol–water partition coefficient (Wildman–Crippen LogP) is 2.67. The summed E-state index contributed by atoms with van der Waals surface area (Å²) >= 11 is 5.87. The average molecular weight is 359 g/mol. The van der Waals surface area contributed by atoms with Crippen molar-refractivity contribution in [2.75, 3.05) is 16.5 Å². The lowest BCUT2D eigenvalue weighted by Crippen LogP contribution is -2.30. The van der Waals surface area contributed by atoms with E-state index in [2.05, 4.69) is 26.1 Å². The number of furan rings is 1. The van der Waals surface area contributed by atoms with E-state index in [0.29, 0.717) is 22.9 Å². The van der Waals surface area contributed by atoms with Crippen molar-refractivity contribution in [3.8, 4) is 0 Å². The lowest BCUT2D eigenvalue weighted by Gasteiger charge is -2.12. The Labute approximate surface area is 148 Å². The molecule has 2 heterocycles. The molecule has 0 aliphatic rings. The van der Waals surface area contributed by atoms with Gasteiger partial charge in [-0.2, -0.15) is 0 Å². The fraction of sp³-hybridized carbons (Fsp3) is 0.0625. The molecule has 9 heteroatoms. The van der Waals surface area contributed by atoms with Gasteiger partial charge in [0.05, 0.1) is 12.8 Å². The Morgan fingerprint density at radius 2 is 2.04 bits per heavy atom. The zero-order valence-corrected chi connectivity index (χ0v) is 13.7. The molecular weight excluding hydrogens is 344 g/mol. The summed E-state index contributed by atoms with van der Waals surface area (Å²) in [6, 6.07) is 10.2. The highest BCUT2D eigenvalue weighted by atomic mass is 35.5. The normalized spacial score (nSPS) is 10.3. The van der Waals surface area contributed by atoms with Crippen LogP contribution in [0.25, 0.3) is 0 Å². The number of hydrogen-bond donors (Lipinski definition) is 4. The highest BCUT2D eigenvalue weighted by Crippen LogP contribution is 2.22. The minimum atomic E-state index is -0.370. The lowest BCUT2D eigenvalue weighted by molar-refractivity contribution is 0.0962. The fourth-order valence-electron chi connectivity index (χ4n) is 2.04. The molecule has 0 fully saturated rings. The van der Waals surface area contributed by atoms with Gasteiger partial charge in [-0.1, -0.05) is 17.7 Å². The maximum atomic E-state index is 12.1. The lowest BCUT2D eigenvalue weighted by atomic mass is 10.2. The summed E-state index contributed by atoms with van der Waals surface area (Å²) in [6.45, 7) is 0.419. The van der Waals surface area contributed by atoms with Crippen molar-refractivity contribution in [1.29, 1.82) is 0 Å². The Morgan fingerprint density at radius 3 is 2.80 bits per heavy atom. The molecule has 3 rings (SSSR count). The van der Waals surface area contributed by atoms with Gasteiger partial charge in [0.1, 0.15) is 17.8 Å². The number of nitrogens with two attached hydrogens (primary N) is 1. The smallest absolute Gasteiger partial charge is 0.269 e. The predicted molar refractivity (Wildman–Crippen MR) is 95.0 cm³/mol. The van der Waals surface area contributed by atoms with Crippen LogP contribution in [0.2, 0.25) is 5.02 Å². The van der Waals surface area contributed by atoms with E-state index < -0.39 is 0 Å². The Bertz CT molecular complexity index is 869. The number of halogens is 1. The number of benzene rings is 1. The first-order chi connectivity index (χ1) is 12.1. The molecule has 8 nitrogen and oxygen atoms in total. The molecule has 0 spiro atoms. The first-order valence-corrected chi connectivity index (χ1v) is 7.70. The second kappa shape index (κ2) is 7.54. The first kappa shape index (κ1) is 16.6. The van der Waals surface area contributed by atoms with Crippen molar-refractivity contribution in [3.63, 3.8) is 0 Å². The highest BCUT2D eigenvalue weighted by molar-refractivity contribution is 6.30. The molecule has 1 aromatic carbocycles. The molecule has 1 amide bonds. The fourth-order valence-corrected chi connectivity index (χ4v) is 2.23. The largest absolute Gasteiger partial charge is 0.467 e. The third-order valence-corrected chi connectivity index (χ3v) is 3.51. The van der Waals surface area contributed by atoms with Crippen LogP contribution in [0, 0.1) is 0 Å². The average Bonchev–Trinajstić information content (AvgIpc) is 3.13. The van der Waals surface area contributed by atoms with Gasteiger partial charge in [0, 0.05) is 10.6 Å². The van der Waals surface area contributed by atoms with E-state index in [0.717, 1.165) is 5.76 Å². The summed E-state index contributed by atoms with van der Waals surface area (Å²) in [6.07, 6.45) is 2.91. The van der Waals surface area contributed by atoms with Crippen LogP contribution in [0.3, 0.4) is 0 Å². The molecule has 3 aromatic rings. The number of amides is 1. The van der Waals surface area contributed by atoms with Gasteiger partial charge in [0.25, 0.3) is 5.91 Å². The quantitative estimate of drug-likeness (QED) is 0.500. The minimum absolute atomic E-state index is 0.264. The Hall–Kier alpha value is -3.26. The van der Waals surface area contributed by atoms with E-state index in [1.165, 1.54) is 6.33 Å². The number of nitrogens with zero attached hydrogens (tertiary/aromatic N) is 2. The molecule has 2 aromatic heterocycles. The number of nitrogens with one attached hydrogen (secondary N) is 3. The highest BCUT2D eigenvalue weighted by Gasteiger charge is 2.10. The van der Waals surface area contributed by atoms with E-state index in [-0.39, 0.29) is 17.4 Å². The Balaban J connectivity index is 1.64. The van der Waals surface area contributed by atoms with Crippen LogP contribution in [0.5, 0.6) is 0 Å². The molecule has 0 saturated carbocycles. The number of carbonyl (C=O) groups excluding carboxylic acids is 1. The number of hydrazine groups is 1. The van der Waals surface area contributed by atoms with Gasteiger partial charge in [-0.15, -0.1) is 0 Å². The number of hydrogen-bond acceptors (Lipinski definition) is 7. The Kier molecular flexibility index (Phi) is 5.00. The molecule has 0 radical (unpaired) electrons. The van der Waals surface area contributed by atoms with Crippen molar-refractivity contribution in [1.82, 2.24) is 15.4 Å². The van der Waals surface area contributed by atoms with E-state index in [4.69, 9.17) is 21.8 Å². The van der Waals surface area contributed by atoms with E-state index in [1.54, 1.807) is 36.6 Å². The molecule has 128 valence electrons. The maximum absolute atomic E-state index is 12.1. The van der Waals surface area contributed by atoms with Crippen molar-refractivity contribution < 1.29 is 9.21 Å². The molecule has 25 heavy (non-hydrogen) atoms. The molecule has 0 unspecified atom stereocenters. The van der Waals surface area contributed by atoms with Crippen LogP contribution in [0.1, 0.15) is 16.1 Å². The minimum Gasteiger partial charge on any atom is -0.467 e. The molecular formula is C16H15ClN6O2. The topological polar surface area (TPSA) is 118 Å². The van der Waals surface area contributed by atoms with E-state index >= 15 is 0 Å². The van der Waals surface area contributed by atoms with Crippen LogP contribution in [-0.4, -0.2) is 15.9 Å². The van der Waals surface area contributed by atoms with Gasteiger partial charge in [0.2, 0.25) is 0 Å². The third kappa shape index (κ3) is 4.18. The summed E-state index contributed by atoms with van der Waals surface area (Å²) in [7, 11) is 0. The molecule has 5 N–H and O–H groups in total. The van der Waals surface area contributed by atoms with Gasteiger partial charge in [-0.05, 0) is 30.3 Å². The molecule has 0 bridgehead atoms. The van der Waals surface area contributed by atoms with E-state index in [9.17, 15) is 4.79 Å². The zero-order chi connectivity index (χ0) is 17.6. The number of anilines is 3. The van der Waals surface area contributed by atoms with Crippen LogP contribution < -0.4 is 21.9 Å². The van der Waals surface area contributed by atoms with Crippen LogP contribution in [-0.2, 0) is 6.54 Å². The van der Waals surface area contributed by atoms with Gasteiger partial charge in [0.15, 0.2) is 11.6 Å². The molecule has 0 aliphatic carbocycles. The van der Waals surface area contributed by atoms with Crippen molar-refractivity contribution in [2.45, 2.75) is 6.54 Å². The number of nitrogen functional groups attached to an aromatic ring is 1. The summed E-state index contributed by atoms with van der Waals surface area (Å²) < 4.78 is 5.23. The number of carbonyl (C=O) groups is 1.